The van der Waals surface area contributed by atoms with E-state index < -0.39 is 5.91 Å². The number of ether oxygens (including phenoxy) is 2. The minimum atomic E-state index is -0.573. The highest BCUT2D eigenvalue weighted by molar-refractivity contribution is 7.09. The van der Waals surface area contributed by atoms with Crippen molar-refractivity contribution in [3.8, 4) is 11.5 Å². The van der Waals surface area contributed by atoms with Crippen molar-refractivity contribution in [2.24, 2.45) is 5.73 Å². The van der Waals surface area contributed by atoms with Crippen molar-refractivity contribution in [2.45, 2.75) is 32.7 Å². The standard InChI is InChI=1S/C18H24ClN3O3S/c1-11(2)18-22-13(10-26-18)4-5-21-8-12-6-14(19)17(15(7-12)24-3)25-9-16(20)23/h6-7,10-11,21H,4-5,8-9H2,1-3H3,(H2,20,23). The molecule has 8 heteroatoms. The number of carbonyl (C=O) groups is 1. The Morgan fingerprint density at radius 1 is 1.42 bits per heavy atom. The van der Waals surface area contributed by atoms with Crippen LogP contribution in [0, 0.1) is 0 Å². The van der Waals surface area contributed by atoms with Crippen LogP contribution >= 0.6 is 22.9 Å². The van der Waals surface area contributed by atoms with Crippen LogP contribution in [0.3, 0.4) is 0 Å². The molecule has 0 fully saturated rings. The number of amides is 1. The zero-order valence-electron chi connectivity index (χ0n) is 15.2. The first-order chi connectivity index (χ1) is 12.4. The van der Waals surface area contributed by atoms with Gasteiger partial charge >= 0.3 is 0 Å². The molecule has 2 rings (SSSR count). The van der Waals surface area contributed by atoms with Crippen LogP contribution in [0.2, 0.25) is 5.02 Å². The monoisotopic (exact) mass is 397 g/mol. The lowest BCUT2D eigenvalue weighted by atomic mass is 10.2. The molecule has 0 spiro atoms. The summed E-state index contributed by atoms with van der Waals surface area (Å²) >= 11 is 7.95. The Balaban J connectivity index is 1.90. The van der Waals surface area contributed by atoms with Crippen LogP contribution in [0.5, 0.6) is 11.5 Å². The third-order valence-corrected chi connectivity index (χ3v) is 5.07. The Morgan fingerprint density at radius 3 is 2.81 bits per heavy atom. The minimum Gasteiger partial charge on any atom is -0.493 e. The number of thiazole rings is 1. The number of primary amides is 1. The maximum Gasteiger partial charge on any atom is 0.255 e. The van der Waals surface area contributed by atoms with Gasteiger partial charge in [-0.05, 0) is 17.7 Å². The van der Waals surface area contributed by atoms with Gasteiger partial charge in [-0.25, -0.2) is 4.98 Å². The van der Waals surface area contributed by atoms with E-state index in [1.54, 1.807) is 17.4 Å². The molecule has 6 nitrogen and oxygen atoms in total. The van der Waals surface area contributed by atoms with Crippen molar-refractivity contribution in [2.75, 3.05) is 20.3 Å². The summed E-state index contributed by atoms with van der Waals surface area (Å²) in [6, 6.07) is 3.61. The van der Waals surface area contributed by atoms with E-state index in [4.69, 9.17) is 26.8 Å². The molecule has 0 atom stereocenters. The van der Waals surface area contributed by atoms with Gasteiger partial charge in [-0.2, -0.15) is 0 Å². The number of rotatable bonds is 10. The quantitative estimate of drug-likeness (QED) is 0.601. The summed E-state index contributed by atoms with van der Waals surface area (Å²) in [5, 5.41) is 7.03. The van der Waals surface area contributed by atoms with E-state index in [-0.39, 0.29) is 6.61 Å². The number of carbonyl (C=O) groups excluding carboxylic acids is 1. The summed E-state index contributed by atoms with van der Waals surface area (Å²) in [5.41, 5.74) is 7.16. The topological polar surface area (TPSA) is 86.5 Å². The maximum absolute atomic E-state index is 10.9. The fourth-order valence-corrected chi connectivity index (χ4v) is 3.47. The van der Waals surface area contributed by atoms with Gasteiger partial charge in [-0.1, -0.05) is 25.4 Å². The number of methoxy groups -OCH3 is 1. The highest BCUT2D eigenvalue weighted by Crippen LogP contribution is 2.36. The lowest BCUT2D eigenvalue weighted by Gasteiger charge is -2.13. The third-order valence-electron chi connectivity index (χ3n) is 3.60. The van der Waals surface area contributed by atoms with E-state index >= 15 is 0 Å². The van der Waals surface area contributed by atoms with Gasteiger partial charge in [0.25, 0.3) is 5.91 Å². The maximum atomic E-state index is 10.9. The van der Waals surface area contributed by atoms with E-state index in [2.05, 4.69) is 29.5 Å². The second-order valence-corrected chi connectivity index (χ2v) is 7.42. The zero-order chi connectivity index (χ0) is 19.1. The normalized spacial score (nSPS) is 11.0. The number of nitrogens with two attached hydrogens (primary N) is 1. The molecule has 0 radical (unpaired) electrons. The van der Waals surface area contributed by atoms with Gasteiger partial charge in [-0.3, -0.25) is 4.79 Å². The van der Waals surface area contributed by atoms with Gasteiger partial charge in [-0.15, -0.1) is 11.3 Å². The van der Waals surface area contributed by atoms with E-state index in [0.29, 0.717) is 29.0 Å². The molecule has 0 aliphatic carbocycles. The molecular weight excluding hydrogens is 374 g/mol. The predicted molar refractivity (Wildman–Crippen MR) is 104 cm³/mol. The Labute approximate surface area is 162 Å². The first kappa shape index (κ1) is 20.5. The lowest BCUT2D eigenvalue weighted by molar-refractivity contribution is -0.119. The first-order valence-corrected chi connectivity index (χ1v) is 9.59. The largest absolute Gasteiger partial charge is 0.493 e. The van der Waals surface area contributed by atoms with E-state index in [0.717, 1.165) is 24.2 Å². The smallest absolute Gasteiger partial charge is 0.255 e. The molecule has 3 N–H and O–H groups in total. The molecule has 0 bridgehead atoms. The molecule has 1 aromatic heterocycles. The molecule has 26 heavy (non-hydrogen) atoms. The third kappa shape index (κ3) is 5.86. The number of hydrogen-bond acceptors (Lipinski definition) is 6. The number of nitrogens with one attached hydrogen (secondary N) is 1. The summed E-state index contributed by atoms with van der Waals surface area (Å²) in [7, 11) is 1.52. The number of hydrogen-bond donors (Lipinski definition) is 2. The van der Waals surface area contributed by atoms with Gasteiger partial charge in [0.05, 0.1) is 22.8 Å². The average Bonchev–Trinajstić information content (AvgIpc) is 3.06. The van der Waals surface area contributed by atoms with Gasteiger partial charge in [0.15, 0.2) is 18.1 Å². The highest BCUT2D eigenvalue weighted by atomic mass is 35.5. The first-order valence-electron chi connectivity index (χ1n) is 8.33. The van der Waals surface area contributed by atoms with E-state index in [1.807, 2.05) is 6.07 Å². The van der Waals surface area contributed by atoms with Crippen molar-refractivity contribution in [3.63, 3.8) is 0 Å². The van der Waals surface area contributed by atoms with Crippen LogP contribution in [-0.2, 0) is 17.8 Å². The van der Waals surface area contributed by atoms with Crippen molar-refractivity contribution < 1.29 is 14.3 Å². The molecule has 142 valence electrons. The van der Waals surface area contributed by atoms with Crippen LogP contribution in [0.25, 0.3) is 0 Å². The lowest BCUT2D eigenvalue weighted by Crippen LogP contribution is -2.20. The summed E-state index contributed by atoms with van der Waals surface area (Å²) in [6.07, 6.45) is 0.869. The van der Waals surface area contributed by atoms with Crippen molar-refractivity contribution >= 4 is 28.8 Å². The van der Waals surface area contributed by atoms with Crippen LogP contribution in [0.1, 0.15) is 36.0 Å². The van der Waals surface area contributed by atoms with Gasteiger partial charge in [0, 0.05) is 30.8 Å². The fraction of sp³-hybridized carbons (Fsp3) is 0.444. The minimum absolute atomic E-state index is 0.250. The summed E-state index contributed by atoms with van der Waals surface area (Å²) in [5.74, 6) is 0.681. The Hall–Kier alpha value is -1.83. The zero-order valence-corrected chi connectivity index (χ0v) is 16.7. The fourth-order valence-electron chi connectivity index (χ4n) is 2.31. The molecule has 0 aliphatic rings. The molecule has 0 unspecified atom stereocenters. The van der Waals surface area contributed by atoms with Crippen LogP contribution < -0.4 is 20.5 Å². The average molecular weight is 398 g/mol. The predicted octanol–water partition coefficient (Wildman–Crippen LogP) is 3.12. The molecule has 1 amide bonds. The highest BCUT2D eigenvalue weighted by Gasteiger charge is 2.13. The second kappa shape index (κ2) is 9.75. The Morgan fingerprint density at radius 2 is 2.19 bits per heavy atom. The summed E-state index contributed by atoms with van der Waals surface area (Å²) in [6.45, 7) is 5.48. The van der Waals surface area contributed by atoms with Crippen LogP contribution in [-0.4, -0.2) is 31.2 Å². The van der Waals surface area contributed by atoms with Gasteiger partial charge < -0.3 is 20.5 Å². The van der Waals surface area contributed by atoms with E-state index in [9.17, 15) is 4.79 Å². The SMILES string of the molecule is COc1cc(CNCCc2csc(C(C)C)n2)cc(Cl)c1OCC(N)=O. The Bertz CT molecular complexity index is 749. The molecule has 0 saturated heterocycles. The molecule has 0 saturated carbocycles. The van der Waals surface area contributed by atoms with Gasteiger partial charge in [0.1, 0.15) is 0 Å². The van der Waals surface area contributed by atoms with Crippen LogP contribution in [0.4, 0.5) is 0 Å². The Kier molecular flexibility index (Phi) is 7.68. The molecule has 1 heterocycles. The molecule has 2 aromatic rings. The van der Waals surface area contributed by atoms with Crippen LogP contribution in [0.15, 0.2) is 17.5 Å². The molecule has 0 aliphatic heterocycles. The molecule has 1 aromatic carbocycles. The van der Waals surface area contributed by atoms with Crippen molar-refractivity contribution in [1.29, 1.82) is 0 Å². The summed E-state index contributed by atoms with van der Waals surface area (Å²) in [4.78, 5) is 15.5. The van der Waals surface area contributed by atoms with Crippen molar-refractivity contribution in [1.82, 2.24) is 10.3 Å². The number of aromatic nitrogens is 1. The van der Waals surface area contributed by atoms with E-state index in [1.165, 1.54) is 12.1 Å². The van der Waals surface area contributed by atoms with Crippen molar-refractivity contribution in [3.05, 3.63) is 38.8 Å². The molecular formula is C18H24ClN3O3S. The number of halogens is 1. The summed E-state index contributed by atoms with van der Waals surface area (Å²) < 4.78 is 10.6. The van der Waals surface area contributed by atoms with Gasteiger partial charge in [0.2, 0.25) is 0 Å². The number of benzene rings is 1. The number of nitrogens with zero attached hydrogens (tertiary/aromatic N) is 1. The second-order valence-electron chi connectivity index (χ2n) is 6.12.